The van der Waals surface area contributed by atoms with Crippen LogP contribution in [0, 0.1) is 0 Å². The summed E-state index contributed by atoms with van der Waals surface area (Å²) in [7, 11) is -3.80. The summed E-state index contributed by atoms with van der Waals surface area (Å²) in [5.41, 5.74) is 0.761. The Morgan fingerprint density at radius 3 is 2.57 bits per heavy atom. The molecule has 1 aromatic carbocycles. The van der Waals surface area contributed by atoms with Crippen molar-refractivity contribution in [3.8, 4) is 0 Å². The first-order chi connectivity index (χ1) is 9.92. The minimum absolute atomic E-state index is 0.0338. The smallest absolute Gasteiger partial charge is 0.308 e. The Bertz CT molecular complexity index is 751. The quantitative estimate of drug-likeness (QED) is 0.749. The predicted octanol–water partition coefficient (Wildman–Crippen LogP) is 1.67. The topological polar surface area (TPSA) is 104 Å². The van der Waals surface area contributed by atoms with Gasteiger partial charge in [0.15, 0.2) is 0 Å². The van der Waals surface area contributed by atoms with E-state index in [9.17, 15) is 18.3 Å². The standard InChI is InChI=1S/C13H13NO5S2/c15-8-9-3-1-2-4-11(9)14-21(18,19)13-6-5-10(20-13)7-12(16)17/h1-6,14-15H,7-8H2,(H,16,17). The number of sulfonamides is 1. The lowest BCUT2D eigenvalue weighted by Crippen LogP contribution is -2.12. The second kappa shape index (κ2) is 6.25. The fraction of sp³-hybridized carbons (Fsp3) is 0.154. The molecule has 8 heteroatoms. The third kappa shape index (κ3) is 3.81. The average molecular weight is 327 g/mol. The van der Waals surface area contributed by atoms with Gasteiger partial charge in [0.05, 0.1) is 18.7 Å². The van der Waals surface area contributed by atoms with E-state index < -0.39 is 16.0 Å². The summed E-state index contributed by atoms with van der Waals surface area (Å²) >= 11 is 0.907. The van der Waals surface area contributed by atoms with Crippen LogP contribution in [0.1, 0.15) is 10.4 Å². The lowest BCUT2D eigenvalue weighted by Gasteiger charge is -2.09. The Labute approximate surface area is 125 Å². The van der Waals surface area contributed by atoms with E-state index in [4.69, 9.17) is 5.11 Å². The number of para-hydroxylation sites is 1. The zero-order valence-corrected chi connectivity index (χ0v) is 12.4. The molecular weight excluding hydrogens is 314 g/mol. The fourth-order valence-corrected chi connectivity index (χ4v) is 4.15. The summed E-state index contributed by atoms with van der Waals surface area (Å²) in [5, 5.41) is 17.9. The van der Waals surface area contributed by atoms with Gasteiger partial charge in [-0.2, -0.15) is 0 Å². The van der Waals surface area contributed by atoms with E-state index >= 15 is 0 Å². The largest absolute Gasteiger partial charge is 0.481 e. The maximum absolute atomic E-state index is 12.2. The highest BCUT2D eigenvalue weighted by Gasteiger charge is 2.18. The number of aliphatic hydroxyl groups is 1. The monoisotopic (exact) mass is 327 g/mol. The van der Waals surface area contributed by atoms with E-state index in [-0.39, 0.29) is 17.2 Å². The van der Waals surface area contributed by atoms with E-state index in [0.717, 1.165) is 11.3 Å². The third-order valence-corrected chi connectivity index (χ3v) is 5.60. The van der Waals surface area contributed by atoms with Gasteiger partial charge in [-0.3, -0.25) is 9.52 Å². The van der Waals surface area contributed by atoms with Crippen molar-refractivity contribution in [2.75, 3.05) is 4.72 Å². The van der Waals surface area contributed by atoms with E-state index in [0.29, 0.717) is 16.1 Å². The van der Waals surface area contributed by atoms with Crippen molar-refractivity contribution < 1.29 is 23.4 Å². The summed E-state index contributed by atoms with van der Waals surface area (Å²) in [6, 6.07) is 9.36. The molecule has 0 saturated heterocycles. The highest BCUT2D eigenvalue weighted by molar-refractivity contribution is 7.94. The van der Waals surface area contributed by atoms with Gasteiger partial charge in [0.1, 0.15) is 4.21 Å². The molecule has 3 N–H and O–H groups in total. The molecule has 2 rings (SSSR count). The van der Waals surface area contributed by atoms with E-state index in [2.05, 4.69) is 4.72 Å². The lowest BCUT2D eigenvalue weighted by molar-refractivity contribution is -0.136. The molecule has 2 aromatic rings. The number of hydrogen-bond acceptors (Lipinski definition) is 5. The van der Waals surface area contributed by atoms with Crippen LogP contribution in [-0.4, -0.2) is 24.6 Å². The first kappa shape index (κ1) is 15.5. The van der Waals surface area contributed by atoms with Crippen molar-refractivity contribution in [2.45, 2.75) is 17.2 Å². The van der Waals surface area contributed by atoms with Crippen LogP contribution in [0.5, 0.6) is 0 Å². The van der Waals surface area contributed by atoms with Crippen LogP contribution in [0.15, 0.2) is 40.6 Å². The Hall–Kier alpha value is -1.90. The van der Waals surface area contributed by atoms with Gasteiger partial charge in [-0.1, -0.05) is 18.2 Å². The van der Waals surface area contributed by atoms with Gasteiger partial charge in [-0.25, -0.2) is 8.42 Å². The second-order valence-corrected chi connectivity index (χ2v) is 7.29. The van der Waals surface area contributed by atoms with Gasteiger partial charge in [0.2, 0.25) is 0 Å². The molecule has 0 aliphatic carbocycles. The Kier molecular flexibility index (Phi) is 4.61. The number of aliphatic carboxylic acids is 1. The summed E-state index contributed by atoms with van der Waals surface area (Å²) < 4.78 is 26.9. The Morgan fingerprint density at radius 1 is 1.19 bits per heavy atom. The summed E-state index contributed by atoms with van der Waals surface area (Å²) in [4.78, 5) is 11.1. The van der Waals surface area contributed by atoms with Gasteiger partial charge < -0.3 is 10.2 Å². The average Bonchev–Trinajstić information content (AvgIpc) is 2.87. The van der Waals surface area contributed by atoms with Crippen molar-refractivity contribution in [1.29, 1.82) is 0 Å². The second-order valence-electron chi connectivity index (χ2n) is 4.21. The summed E-state index contributed by atoms with van der Waals surface area (Å²) in [6.45, 7) is -0.284. The van der Waals surface area contributed by atoms with Gasteiger partial charge in [-0.15, -0.1) is 11.3 Å². The minimum atomic E-state index is -3.80. The molecule has 0 unspecified atom stereocenters. The number of carboxylic acid groups (broad SMARTS) is 1. The molecule has 0 aliphatic rings. The molecule has 6 nitrogen and oxygen atoms in total. The first-order valence-electron chi connectivity index (χ1n) is 5.94. The molecule has 0 amide bonds. The third-order valence-electron chi connectivity index (χ3n) is 2.66. The number of thiophene rings is 1. The molecular formula is C13H13NO5S2. The van der Waals surface area contributed by atoms with Crippen LogP contribution in [0.3, 0.4) is 0 Å². The van der Waals surface area contributed by atoms with Crippen LogP contribution < -0.4 is 4.72 Å². The van der Waals surface area contributed by atoms with Crippen LogP contribution in [0.4, 0.5) is 5.69 Å². The molecule has 1 aromatic heterocycles. The molecule has 0 spiro atoms. The molecule has 1 heterocycles. The Balaban J connectivity index is 2.26. The number of rotatable bonds is 6. The number of anilines is 1. The zero-order valence-electron chi connectivity index (χ0n) is 10.8. The molecule has 0 radical (unpaired) electrons. The van der Waals surface area contributed by atoms with Gasteiger partial charge >= 0.3 is 5.97 Å². The number of aliphatic hydroxyl groups excluding tert-OH is 1. The fourth-order valence-electron chi connectivity index (χ4n) is 1.70. The van der Waals surface area contributed by atoms with Crippen molar-refractivity contribution >= 4 is 33.0 Å². The van der Waals surface area contributed by atoms with Crippen LogP contribution in [-0.2, 0) is 27.8 Å². The van der Waals surface area contributed by atoms with Crippen LogP contribution in [0.2, 0.25) is 0 Å². The molecule has 0 aliphatic heterocycles. The zero-order chi connectivity index (χ0) is 15.5. The number of carbonyl (C=O) groups is 1. The van der Waals surface area contributed by atoms with E-state index in [1.807, 2.05) is 0 Å². The lowest BCUT2D eigenvalue weighted by atomic mass is 10.2. The van der Waals surface area contributed by atoms with Gasteiger partial charge in [0.25, 0.3) is 10.0 Å². The number of benzene rings is 1. The Morgan fingerprint density at radius 2 is 1.90 bits per heavy atom. The van der Waals surface area contributed by atoms with Crippen molar-refractivity contribution in [3.05, 3.63) is 46.8 Å². The van der Waals surface area contributed by atoms with Crippen molar-refractivity contribution in [3.63, 3.8) is 0 Å². The van der Waals surface area contributed by atoms with E-state index in [1.54, 1.807) is 24.3 Å². The SMILES string of the molecule is O=C(O)Cc1ccc(S(=O)(=O)Nc2ccccc2CO)s1. The molecule has 112 valence electrons. The predicted molar refractivity (Wildman–Crippen MR) is 78.8 cm³/mol. The maximum atomic E-state index is 12.2. The number of carboxylic acids is 1. The molecule has 0 atom stereocenters. The highest BCUT2D eigenvalue weighted by Crippen LogP contribution is 2.25. The molecule has 21 heavy (non-hydrogen) atoms. The van der Waals surface area contributed by atoms with Crippen LogP contribution in [0.25, 0.3) is 0 Å². The van der Waals surface area contributed by atoms with Crippen molar-refractivity contribution in [1.82, 2.24) is 0 Å². The highest BCUT2D eigenvalue weighted by atomic mass is 32.2. The first-order valence-corrected chi connectivity index (χ1v) is 8.24. The molecule has 0 fully saturated rings. The number of nitrogens with one attached hydrogen (secondary N) is 1. The maximum Gasteiger partial charge on any atom is 0.308 e. The van der Waals surface area contributed by atoms with Gasteiger partial charge in [0, 0.05) is 10.4 Å². The van der Waals surface area contributed by atoms with E-state index in [1.165, 1.54) is 12.1 Å². The van der Waals surface area contributed by atoms with Crippen LogP contribution >= 0.6 is 11.3 Å². The normalized spacial score (nSPS) is 11.3. The molecule has 0 saturated carbocycles. The number of hydrogen-bond donors (Lipinski definition) is 3. The summed E-state index contributed by atoms with van der Waals surface area (Å²) in [5.74, 6) is -1.01. The van der Waals surface area contributed by atoms with Gasteiger partial charge in [-0.05, 0) is 18.2 Å². The summed E-state index contributed by atoms with van der Waals surface area (Å²) in [6.07, 6.45) is -0.215. The minimum Gasteiger partial charge on any atom is -0.481 e. The molecule has 0 bridgehead atoms. The van der Waals surface area contributed by atoms with Crippen molar-refractivity contribution in [2.24, 2.45) is 0 Å².